The normalized spacial score (nSPS) is 14.4. The van der Waals surface area contributed by atoms with Crippen LogP contribution in [0.1, 0.15) is 0 Å². The van der Waals surface area contributed by atoms with E-state index >= 15 is 0 Å². The first-order valence-electron chi connectivity index (χ1n) is 9.38. The molecule has 0 bridgehead atoms. The summed E-state index contributed by atoms with van der Waals surface area (Å²) in [6.45, 7) is 4.46. The van der Waals surface area contributed by atoms with Crippen molar-refractivity contribution in [1.29, 1.82) is 0 Å². The van der Waals surface area contributed by atoms with E-state index < -0.39 is 0 Å². The van der Waals surface area contributed by atoms with Crippen LogP contribution in [0.2, 0.25) is 0 Å². The van der Waals surface area contributed by atoms with Crippen LogP contribution in [-0.2, 0) is 0 Å². The van der Waals surface area contributed by atoms with E-state index in [9.17, 15) is 4.79 Å². The highest BCUT2D eigenvalue weighted by Gasteiger charge is 2.21. The van der Waals surface area contributed by atoms with Crippen molar-refractivity contribution in [3.63, 3.8) is 0 Å². The van der Waals surface area contributed by atoms with E-state index in [-0.39, 0.29) is 6.03 Å². The third-order valence-electron chi connectivity index (χ3n) is 4.74. The minimum absolute atomic E-state index is 0.0985. The van der Waals surface area contributed by atoms with Crippen molar-refractivity contribution in [2.75, 3.05) is 58.9 Å². The topological polar surface area (TPSA) is 63.3 Å². The number of urea groups is 1. The summed E-state index contributed by atoms with van der Waals surface area (Å²) in [7, 11) is 3.24. The summed E-state index contributed by atoms with van der Waals surface area (Å²) in [6, 6.07) is 14.9. The van der Waals surface area contributed by atoms with Crippen LogP contribution in [0.4, 0.5) is 10.5 Å². The number of para-hydroxylation sites is 2. The standard InChI is InChI=1S/C21H27N3O4/c1-26-17-7-9-18(10-8-17)28-16-15-23-11-13-24(14-12-23)21(25)22-19-5-3-4-6-20(19)27-2/h3-10H,11-16H2,1-2H3,(H,22,25). The SMILES string of the molecule is COc1ccc(OCCN2CCN(C(=O)Nc3ccccc3OC)CC2)cc1. The number of nitrogens with one attached hydrogen (secondary N) is 1. The molecular weight excluding hydrogens is 358 g/mol. The van der Waals surface area contributed by atoms with Gasteiger partial charge in [0.05, 0.1) is 19.9 Å². The molecule has 28 heavy (non-hydrogen) atoms. The molecule has 7 heteroatoms. The van der Waals surface area contributed by atoms with Crippen LogP contribution in [0.3, 0.4) is 0 Å². The fourth-order valence-electron chi connectivity index (χ4n) is 3.08. The zero-order chi connectivity index (χ0) is 19.8. The number of benzene rings is 2. The van der Waals surface area contributed by atoms with E-state index in [0.717, 1.165) is 31.1 Å². The van der Waals surface area contributed by atoms with Gasteiger partial charge in [-0.2, -0.15) is 0 Å². The van der Waals surface area contributed by atoms with Crippen molar-refractivity contribution in [2.24, 2.45) is 0 Å². The lowest BCUT2D eigenvalue weighted by Crippen LogP contribution is -2.50. The Hall–Kier alpha value is -2.93. The summed E-state index contributed by atoms with van der Waals surface area (Å²) in [6.07, 6.45) is 0. The summed E-state index contributed by atoms with van der Waals surface area (Å²) in [4.78, 5) is 16.6. The Morgan fingerprint density at radius 3 is 2.29 bits per heavy atom. The van der Waals surface area contributed by atoms with E-state index in [1.165, 1.54) is 0 Å². The van der Waals surface area contributed by atoms with Gasteiger partial charge in [-0.25, -0.2) is 4.79 Å². The molecule has 1 aliphatic rings. The third kappa shape index (κ3) is 5.29. The van der Waals surface area contributed by atoms with Crippen LogP contribution in [-0.4, -0.2) is 69.4 Å². The van der Waals surface area contributed by atoms with E-state index in [4.69, 9.17) is 14.2 Å². The Labute approximate surface area is 165 Å². The van der Waals surface area contributed by atoms with Crippen LogP contribution in [0, 0.1) is 0 Å². The second-order valence-electron chi connectivity index (χ2n) is 6.48. The van der Waals surface area contributed by atoms with E-state index in [1.54, 1.807) is 14.2 Å². The number of carbonyl (C=O) groups excluding carboxylic acids is 1. The molecule has 0 unspecified atom stereocenters. The van der Waals surface area contributed by atoms with Gasteiger partial charge in [0.1, 0.15) is 23.9 Å². The summed E-state index contributed by atoms with van der Waals surface area (Å²) in [5.74, 6) is 2.30. The predicted molar refractivity (Wildman–Crippen MR) is 109 cm³/mol. The van der Waals surface area contributed by atoms with Gasteiger partial charge in [0.15, 0.2) is 0 Å². The second kappa shape index (κ2) is 9.85. The molecule has 1 aliphatic heterocycles. The number of ether oxygens (including phenoxy) is 3. The molecule has 0 aromatic heterocycles. The van der Waals surface area contributed by atoms with E-state index in [0.29, 0.717) is 31.1 Å². The van der Waals surface area contributed by atoms with Crippen LogP contribution in [0.25, 0.3) is 0 Å². The van der Waals surface area contributed by atoms with Gasteiger partial charge >= 0.3 is 6.03 Å². The Kier molecular flexibility index (Phi) is 6.97. The largest absolute Gasteiger partial charge is 0.497 e. The smallest absolute Gasteiger partial charge is 0.322 e. The Morgan fingerprint density at radius 1 is 0.929 bits per heavy atom. The average molecular weight is 385 g/mol. The fourth-order valence-corrected chi connectivity index (χ4v) is 3.08. The number of methoxy groups -OCH3 is 2. The molecule has 0 aliphatic carbocycles. The Bertz CT molecular complexity index is 759. The van der Waals surface area contributed by atoms with Crippen molar-refractivity contribution in [1.82, 2.24) is 9.80 Å². The molecule has 2 aromatic rings. The quantitative estimate of drug-likeness (QED) is 0.794. The van der Waals surface area contributed by atoms with Gasteiger partial charge in [-0.1, -0.05) is 12.1 Å². The third-order valence-corrected chi connectivity index (χ3v) is 4.74. The number of hydrogen-bond donors (Lipinski definition) is 1. The Balaban J connectivity index is 1.39. The summed E-state index contributed by atoms with van der Waals surface area (Å²) in [5.41, 5.74) is 0.685. The molecule has 1 N–H and O–H groups in total. The lowest BCUT2D eigenvalue weighted by Gasteiger charge is -2.34. The molecule has 1 heterocycles. The van der Waals surface area contributed by atoms with Gasteiger partial charge in [-0.05, 0) is 36.4 Å². The number of rotatable bonds is 7. The van der Waals surface area contributed by atoms with E-state index in [1.807, 2.05) is 53.4 Å². The highest BCUT2D eigenvalue weighted by atomic mass is 16.5. The summed E-state index contributed by atoms with van der Waals surface area (Å²) < 4.78 is 16.2. The molecule has 0 saturated carbocycles. The first-order chi connectivity index (χ1) is 13.7. The van der Waals surface area contributed by atoms with Crippen molar-refractivity contribution >= 4 is 11.7 Å². The number of anilines is 1. The lowest BCUT2D eigenvalue weighted by molar-refractivity contribution is 0.132. The molecule has 150 valence electrons. The van der Waals surface area contributed by atoms with Gasteiger partial charge in [0.2, 0.25) is 0 Å². The second-order valence-corrected chi connectivity index (χ2v) is 6.48. The molecule has 1 saturated heterocycles. The molecule has 2 aromatic carbocycles. The maximum atomic E-state index is 12.5. The first kappa shape index (κ1) is 19.8. The maximum Gasteiger partial charge on any atom is 0.322 e. The van der Waals surface area contributed by atoms with Crippen molar-refractivity contribution in [2.45, 2.75) is 0 Å². The molecule has 3 rings (SSSR count). The van der Waals surface area contributed by atoms with Crippen molar-refractivity contribution < 1.29 is 19.0 Å². The van der Waals surface area contributed by atoms with E-state index in [2.05, 4.69) is 10.2 Å². The number of amides is 2. The minimum atomic E-state index is -0.0985. The molecule has 0 spiro atoms. The molecule has 2 amide bonds. The number of carbonyl (C=O) groups is 1. The first-order valence-corrected chi connectivity index (χ1v) is 9.38. The van der Waals surface area contributed by atoms with Gasteiger partial charge < -0.3 is 24.4 Å². The minimum Gasteiger partial charge on any atom is -0.497 e. The summed E-state index contributed by atoms with van der Waals surface area (Å²) in [5, 5.41) is 2.93. The van der Waals surface area contributed by atoms with Gasteiger partial charge in [-0.3, -0.25) is 4.90 Å². The molecule has 0 atom stereocenters. The monoisotopic (exact) mass is 385 g/mol. The highest BCUT2D eigenvalue weighted by molar-refractivity contribution is 5.91. The number of piperazine rings is 1. The van der Waals surface area contributed by atoms with Crippen molar-refractivity contribution in [3.05, 3.63) is 48.5 Å². The fraction of sp³-hybridized carbons (Fsp3) is 0.381. The van der Waals surface area contributed by atoms with Crippen LogP contribution >= 0.6 is 0 Å². The molecule has 7 nitrogen and oxygen atoms in total. The molecular formula is C21H27N3O4. The highest BCUT2D eigenvalue weighted by Crippen LogP contribution is 2.23. The predicted octanol–water partition coefficient (Wildman–Crippen LogP) is 2.93. The zero-order valence-electron chi connectivity index (χ0n) is 16.4. The van der Waals surface area contributed by atoms with Gasteiger partial charge in [-0.15, -0.1) is 0 Å². The average Bonchev–Trinajstić information content (AvgIpc) is 2.75. The van der Waals surface area contributed by atoms with Gasteiger partial charge in [0, 0.05) is 32.7 Å². The van der Waals surface area contributed by atoms with Crippen LogP contribution in [0.5, 0.6) is 17.2 Å². The zero-order valence-corrected chi connectivity index (χ0v) is 16.4. The summed E-state index contributed by atoms with van der Waals surface area (Å²) >= 11 is 0. The number of nitrogens with zero attached hydrogens (tertiary/aromatic N) is 2. The van der Waals surface area contributed by atoms with Gasteiger partial charge in [0.25, 0.3) is 0 Å². The Morgan fingerprint density at radius 2 is 1.61 bits per heavy atom. The van der Waals surface area contributed by atoms with Crippen molar-refractivity contribution in [3.8, 4) is 17.2 Å². The lowest BCUT2D eigenvalue weighted by atomic mass is 10.3. The maximum absolute atomic E-state index is 12.5. The molecule has 0 radical (unpaired) electrons. The van der Waals surface area contributed by atoms with Crippen LogP contribution in [0.15, 0.2) is 48.5 Å². The number of hydrogen-bond acceptors (Lipinski definition) is 5. The molecule has 1 fully saturated rings. The van der Waals surface area contributed by atoms with Crippen LogP contribution < -0.4 is 19.5 Å².